The molecule has 0 aliphatic heterocycles. The summed E-state index contributed by atoms with van der Waals surface area (Å²) in [6, 6.07) is 8.13. The van der Waals surface area contributed by atoms with E-state index in [9.17, 15) is 4.79 Å². The van der Waals surface area contributed by atoms with Gasteiger partial charge in [0.1, 0.15) is 5.75 Å². The second kappa shape index (κ2) is 12.9. The number of benzene rings is 1. The first-order chi connectivity index (χ1) is 13.5. The van der Waals surface area contributed by atoms with E-state index in [1.54, 1.807) is 11.9 Å². The molecular formula is C22H37IN4O2. The summed E-state index contributed by atoms with van der Waals surface area (Å²) in [6.45, 7) is 4.24. The van der Waals surface area contributed by atoms with E-state index in [4.69, 9.17) is 4.74 Å². The summed E-state index contributed by atoms with van der Waals surface area (Å²) in [6.07, 6.45) is 6.10. The number of nitrogens with one attached hydrogen (secondary N) is 2. The van der Waals surface area contributed by atoms with E-state index in [0.29, 0.717) is 13.2 Å². The first kappa shape index (κ1) is 25.5. The quantitative estimate of drug-likeness (QED) is 0.228. The maximum absolute atomic E-state index is 12.6. The number of rotatable bonds is 9. The standard InChI is InChI=1S/C22H36N4O2.HI/c1-18-9-11-19(12-10-18)28-16-8-7-15-24-21(23-2)25-17-22(13-5-6-14-22)20(27)26(3)4;/h9-12H,5-8,13-17H2,1-4H3,(H2,23,24,25);1H. The number of ether oxygens (including phenoxy) is 1. The Balaban J connectivity index is 0.00000420. The van der Waals surface area contributed by atoms with Gasteiger partial charge in [-0.05, 0) is 44.7 Å². The lowest BCUT2D eigenvalue weighted by Crippen LogP contribution is -2.49. The second-order valence-corrected chi connectivity index (χ2v) is 7.91. The summed E-state index contributed by atoms with van der Waals surface area (Å²) < 4.78 is 5.76. The van der Waals surface area contributed by atoms with E-state index in [1.807, 2.05) is 26.2 Å². The third-order valence-electron chi connectivity index (χ3n) is 5.39. The number of carbonyl (C=O) groups excluding carboxylic acids is 1. The molecule has 0 spiro atoms. The fraction of sp³-hybridized carbons (Fsp3) is 0.636. The minimum Gasteiger partial charge on any atom is -0.494 e. The molecule has 7 heteroatoms. The first-order valence-corrected chi connectivity index (χ1v) is 10.3. The van der Waals surface area contributed by atoms with Crippen LogP contribution in [0.3, 0.4) is 0 Å². The van der Waals surface area contributed by atoms with Crippen molar-refractivity contribution < 1.29 is 9.53 Å². The van der Waals surface area contributed by atoms with Crippen LogP contribution in [0, 0.1) is 12.3 Å². The van der Waals surface area contributed by atoms with Crippen molar-refractivity contribution in [1.82, 2.24) is 15.5 Å². The van der Waals surface area contributed by atoms with Gasteiger partial charge >= 0.3 is 0 Å². The molecule has 0 heterocycles. The highest BCUT2D eigenvalue weighted by Gasteiger charge is 2.42. The van der Waals surface area contributed by atoms with Crippen molar-refractivity contribution in [3.63, 3.8) is 0 Å². The van der Waals surface area contributed by atoms with Crippen LogP contribution in [0.15, 0.2) is 29.3 Å². The lowest BCUT2D eigenvalue weighted by Gasteiger charge is -2.31. The summed E-state index contributed by atoms with van der Waals surface area (Å²) in [5, 5.41) is 6.71. The van der Waals surface area contributed by atoms with Gasteiger partial charge in [0.25, 0.3) is 0 Å². The van der Waals surface area contributed by atoms with Crippen LogP contribution >= 0.6 is 24.0 Å². The predicted octanol–water partition coefficient (Wildman–Crippen LogP) is 3.59. The average Bonchev–Trinajstić information content (AvgIpc) is 3.17. The molecule has 0 saturated heterocycles. The molecule has 1 aliphatic rings. The highest BCUT2D eigenvalue weighted by Crippen LogP contribution is 2.38. The third-order valence-corrected chi connectivity index (χ3v) is 5.39. The summed E-state index contributed by atoms with van der Waals surface area (Å²) >= 11 is 0. The van der Waals surface area contributed by atoms with Gasteiger partial charge in [0.2, 0.25) is 5.91 Å². The molecule has 1 aliphatic carbocycles. The Hall–Kier alpha value is -1.51. The third kappa shape index (κ3) is 8.03. The van der Waals surface area contributed by atoms with Crippen molar-refractivity contribution in [3.8, 4) is 5.75 Å². The van der Waals surface area contributed by atoms with Gasteiger partial charge in [0.05, 0.1) is 12.0 Å². The van der Waals surface area contributed by atoms with Crippen LogP contribution in [0.4, 0.5) is 0 Å². The van der Waals surface area contributed by atoms with Crippen LogP contribution in [0.5, 0.6) is 5.75 Å². The Kier molecular flexibility index (Phi) is 11.4. The first-order valence-electron chi connectivity index (χ1n) is 10.3. The van der Waals surface area contributed by atoms with E-state index in [2.05, 4.69) is 34.7 Å². The predicted molar refractivity (Wildman–Crippen MR) is 130 cm³/mol. The fourth-order valence-corrected chi connectivity index (χ4v) is 3.72. The van der Waals surface area contributed by atoms with Crippen LogP contribution in [0.2, 0.25) is 0 Å². The largest absolute Gasteiger partial charge is 0.494 e. The number of hydrogen-bond acceptors (Lipinski definition) is 3. The number of amides is 1. The molecule has 2 rings (SSSR count). The number of halogens is 1. The zero-order valence-electron chi connectivity index (χ0n) is 18.3. The van der Waals surface area contributed by atoms with E-state index < -0.39 is 0 Å². The molecule has 1 saturated carbocycles. The summed E-state index contributed by atoms with van der Waals surface area (Å²) in [7, 11) is 5.45. The van der Waals surface area contributed by atoms with Crippen molar-refractivity contribution in [3.05, 3.63) is 29.8 Å². The van der Waals surface area contributed by atoms with Gasteiger partial charge < -0.3 is 20.3 Å². The van der Waals surface area contributed by atoms with Crippen molar-refractivity contribution in [2.75, 3.05) is 40.8 Å². The van der Waals surface area contributed by atoms with E-state index in [-0.39, 0.29) is 35.3 Å². The van der Waals surface area contributed by atoms with Crippen LogP contribution in [0.1, 0.15) is 44.1 Å². The van der Waals surface area contributed by atoms with Crippen LogP contribution in [0.25, 0.3) is 0 Å². The molecule has 164 valence electrons. The number of hydrogen-bond donors (Lipinski definition) is 2. The second-order valence-electron chi connectivity index (χ2n) is 7.91. The molecule has 6 nitrogen and oxygen atoms in total. The van der Waals surface area contributed by atoms with Gasteiger partial charge in [-0.25, -0.2) is 0 Å². The van der Waals surface area contributed by atoms with E-state index >= 15 is 0 Å². The molecule has 1 fully saturated rings. The topological polar surface area (TPSA) is 66.0 Å². The number of nitrogens with zero attached hydrogens (tertiary/aromatic N) is 2. The highest BCUT2D eigenvalue weighted by atomic mass is 127. The normalized spacial score (nSPS) is 15.4. The van der Waals surface area contributed by atoms with E-state index in [0.717, 1.165) is 56.8 Å². The van der Waals surface area contributed by atoms with Gasteiger partial charge in [0.15, 0.2) is 5.96 Å². The van der Waals surface area contributed by atoms with Gasteiger partial charge in [-0.1, -0.05) is 30.5 Å². The molecule has 0 unspecified atom stereocenters. The number of guanidine groups is 1. The number of aryl methyl sites for hydroxylation is 1. The molecule has 29 heavy (non-hydrogen) atoms. The van der Waals surface area contributed by atoms with Gasteiger partial charge in [-0.3, -0.25) is 9.79 Å². The molecule has 0 aromatic heterocycles. The Morgan fingerprint density at radius 2 is 1.79 bits per heavy atom. The monoisotopic (exact) mass is 516 g/mol. The average molecular weight is 516 g/mol. The lowest BCUT2D eigenvalue weighted by atomic mass is 9.84. The molecular weight excluding hydrogens is 479 g/mol. The van der Waals surface area contributed by atoms with Crippen molar-refractivity contribution in [1.29, 1.82) is 0 Å². The number of aliphatic imine (C=N–C) groups is 1. The molecule has 1 aromatic carbocycles. The molecule has 1 amide bonds. The number of carbonyl (C=O) groups is 1. The Bertz CT molecular complexity index is 641. The lowest BCUT2D eigenvalue weighted by molar-refractivity contribution is -0.138. The smallest absolute Gasteiger partial charge is 0.230 e. The summed E-state index contributed by atoms with van der Waals surface area (Å²) in [4.78, 5) is 18.7. The maximum Gasteiger partial charge on any atom is 0.230 e. The van der Waals surface area contributed by atoms with Gasteiger partial charge in [0, 0.05) is 34.2 Å². The molecule has 0 atom stereocenters. The van der Waals surface area contributed by atoms with Crippen molar-refractivity contribution >= 4 is 35.8 Å². The Morgan fingerprint density at radius 3 is 2.38 bits per heavy atom. The molecule has 2 N–H and O–H groups in total. The fourth-order valence-electron chi connectivity index (χ4n) is 3.72. The zero-order valence-corrected chi connectivity index (χ0v) is 20.6. The maximum atomic E-state index is 12.6. The summed E-state index contributed by atoms with van der Waals surface area (Å²) in [5.74, 6) is 1.90. The zero-order chi connectivity index (χ0) is 20.4. The van der Waals surface area contributed by atoms with Crippen LogP contribution in [-0.2, 0) is 4.79 Å². The minimum absolute atomic E-state index is 0. The van der Waals surface area contributed by atoms with E-state index in [1.165, 1.54) is 5.56 Å². The minimum atomic E-state index is -0.289. The molecule has 0 radical (unpaired) electrons. The van der Waals surface area contributed by atoms with Crippen LogP contribution in [-0.4, -0.2) is 57.6 Å². The SMILES string of the molecule is CN=C(NCCCCOc1ccc(C)cc1)NCC1(C(=O)N(C)C)CCCC1.I. The van der Waals surface area contributed by atoms with Crippen LogP contribution < -0.4 is 15.4 Å². The van der Waals surface area contributed by atoms with Gasteiger partial charge in [-0.2, -0.15) is 0 Å². The molecule has 0 bridgehead atoms. The molecule has 1 aromatic rings. The van der Waals surface area contributed by atoms with Crippen molar-refractivity contribution in [2.45, 2.75) is 45.4 Å². The van der Waals surface area contributed by atoms with Gasteiger partial charge in [-0.15, -0.1) is 24.0 Å². The highest BCUT2D eigenvalue weighted by molar-refractivity contribution is 14.0. The van der Waals surface area contributed by atoms with Crippen molar-refractivity contribution in [2.24, 2.45) is 10.4 Å². The Morgan fingerprint density at radius 1 is 1.14 bits per heavy atom. The Labute approximate surface area is 192 Å². The number of unbranched alkanes of at least 4 members (excludes halogenated alkanes) is 1. The summed E-state index contributed by atoms with van der Waals surface area (Å²) in [5.41, 5.74) is 0.949.